The van der Waals surface area contributed by atoms with Crippen molar-refractivity contribution < 1.29 is 0 Å². The highest BCUT2D eigenvalue weighted by Crippen LogP contribution is 2.26. The van der Waals surface area contributed by atoms with Gasteiger partial charge in [0.05, 0.1) is 0 Å². The van der Waals surface area contributed by atoms with Crippen LogP contribution in [0.25, 0.3) is 10.6 Å². The van der Waals surface area contributed by atoms with Gasteiger partial charge in [0.25, 0.3) is 0 Å². The van der Waals surface area contributed by atoms with Crippen LogP contribution in [0.1, 0.15) is 36.1 Å². The van der Waals surface area contributed by atoms with Crippen LogP contribution in [-0.2, 0) is 6.54 Å². The van der Waals surface area contributed by atoms with Gasteiger partial charge in [-0.15, -0.1) is 11.3 Å². The molecule has 1 aliphatic carbocycles. The number of hydrogen-bond acceptors (Lipinski definition) is 3. The summed E-state index contributed by atoms with van der Waals surface area (Å²) in [6.45, 7) is 3.08. The molecule has 19 heavy (non-hydrogen) atoms. The Morgan fingerprint density at radius 1 is 1.21 bits per heavy atom. The zero-order valence-electron chi connectivity index (χ0n) is 11.4. The molecule has 100 valence electrons. The summed E-state index contributed by atoms with van der Waals surface area (Å²) in [7, 11) is 0. The van der Waals surface area contributed by atoms with Crippen molar-refractivity contribution >= 4 is 11.3 Å². The van der Waals surface area contributed by atoms with Crippen molar-refractivity contribution in [3.8, 4) is 10.6 Å². The number of nitrogens with zero attached hydrogens (tertiary/aromatic N) is 1. The lowest BCUT2D eigenvalue weighted by molar-refractivity contribution is 0.527. The molecule has 0 radical (unpaired) electrons. The fourth-order valence-electron chi connectivity index (χ4n) is 2.59. The molecule has 2 nitrogen and oxygen atoms in total. The molecule has 1 aromatic heterocycles. The van der Waals surface area contributed by atoms with Crippen LogP contribution >= 0.6 is 11.3 Å². The minimum absolute atomic E-state index is 0.727. The van der Waals surface area contributed by atoms with Crippen molar-refractivity contribution in [1.29, 1.82) is 0 Å². The number of hydrogen-bond donors (Lipinski definition) is 1. The summed E-state index contributed by atoms with van der Waals surface area (Å²) in [5.41, 5.74) is 2.52. The molecule has 1 aliphatic rings. The van der Waals surface area contributed by atoms with E-state index in [1.165, 1.54) is 41.7 Å². The largest absolute Gasteiger partial charge is 0.309 e. The standard InChI is InChI=1S/C16H20N2S/c1-12-6-8-13(9-7-12)16-18-11-15(19-16)10-17-14-4-2-3-5-14/h6-9,11,14,17H,2-5,10H2,1H3. The molecule has 1 aromatic carbocycles. The Morgan fingerprint density at radius 2 is 1.95 bits per heavy atom. The maximum atomic E-state index is 4.54. The molecule has 1 N–H and O–H groups in total. The van der Waals surface area contributed by atoms with Crippen molar-refractivity contribution in [3.63, 3.8) is 0 Å². The first-order valence-corrected chi connectivity index (χ1v) is 7.88. The molecule has 0 spiro atoms. The van der Waals surface area contributed by atoms with Crippen molar-refractivity contribution in [2.75, 3.05) is 0 Å². The quantitative estimate of drug-likeness (QED) is 0.904. The third-order valence-corrected chi connectivity index (χ3v) is 4.82. The lowest BCUT2D eigenvalue weighted by Gasteiger charge is -2.09. The van der Waals surface area contributed by atoms with E-state index in [4.69, 9.17) is 0 Å². The molecule has 0 saturated heterocycles. The predicted octanol–water partition coefficient (Wildman–Crippen LogP) is 4.15. The second-order valence-corrected chi connectivity index (χ2v) is 6.48. The Morgan fingerprint density at radius 3 is 2.68 bits per heavy atom. The van der Waals surface area contributed by atoms with E-state index >= 15 is 0 Å². The van der Waals surface area contributed by atoms with Gasteiger partial charge in [-0.2, -0.15) is 0 Å². The third kappa shape index (κ3) is 3.23. The lowest BCUT2D eigenvalue weighted by atomic mass is 10.2. The van der Waals surface area contributed by atoms with E-state index in [-0.39, 0.29) is 0 Å². The molecule has 0 bridgehead atoms. The van der Waals surface area contributed by atoms with Crippen molar-refractivity contribution in [2.24, 2.45) is 0 Å². The summed E-state index contributed by atoms with van der Waals surface area (Å²) in [5, 5.41) is 4.77. The second kappa shape index (κ2) is 5.85. The van der Waals surface area contributed by atoms with Crippen molar-refractivity contribution in [1.82, 2.24) is 10.3 Å². The number of aromatic nitrogens is 1. The van der Waals surface area contributed by atoms with Gasteiger partial charge in [-0.3, -0.25) is 0 Å². The Hall–Kier alpha value is -1.19. The first-order valence-electron chi connectivity index (χ1n) is 7.06. The van der Waals surface area contributed by atoms with Crippen LogP contribution in [0.2, 0.25) is 0 Å². The van der Waals surface area contributed by atoms with Crippen molar-refractivity contribution in [2.45, 2.75) is 45.2 Å². The summed E-state index contributed by atoms with van der Waals surface area (Å²) in [6.07, 6.45) is 7.46. The fraction of sp³-hybridized carbons (Fsp3) is 0.438. The van der Waals surface area contributed by atoms with Gasteiger partial charge >= 0.3 is 0 Å². The number of benzene rings is 1. The molecule has 0 unspecified atom stereocenters. The molecule has 0 atom stereocenters. The topological polar surface area (TPSA) is 24.9 Å². The number of thiazole rings is 1. The first kappa shape index (κ1) is 12.8. The van der Waals surface area contributed by atoms with Crippen LogP contribution in [0, 0.1) is 6.92 Å². The normalized spacial score (nSPS) is 16.1. The highest BCUT2D eigenvalue weighted by molar-refractivity contribution is 7.15. The molecule has 1 fully saturated rings. The maximum Gasteiger partial charge on any atom is 0.123 e. The average Bonchev–Trinajstić information content (AvgIpc) is 3.09. The van der Waals surface area contributed by atoms with Crippen molar-refractivity contribution in [3.05, 3.63) is 40.9 Å². The highest BCUT2D eigenvalue weighted by atomic mass is 32.1. The molecule has 1 saturated carbocycles. The SMILES string of the molecule is Cc1ccc(-c2ncc(CNC3CCCC3)s2)cc1. The van der Waals surface area contributed by atoms with E-state index in [2.05, 4.69) is 41.5 Å². The van der Waals surface area contributed by atoms with Gasteiger partial charge in [0.15, 0.2) is 0 Å². The second-order valence-electron chi connectivity index (χ2n) is 5.36. The van der Waals surface area contributed by atoms with Crippen LogP contribution in [0.3, 0.4) is 0 Å². The molecule has 2 aromatic rings. The fourth-order valence-corrected chi connectivity index (χ4v) is 3.46. The molecule has 0 aliphatic heterocycles. The average molecular weight is 272 g/mol. The van der Waals surface area contributed by atoms with E-state index in [0.29, 0.717) is 0 Å². The smallest absolute Gasteiger partial charge is 0.123 e. The monoisotopic (exact) mass is 272 g/mol. The van der Waals surface area contributed by atoms with E-state index < -0.39 is 0 Å². The zero-order valence-corrected chi connectivity index (χ0v) is 12.2. The van der Waals surface area contributed by atoms with Gasteiger partial charge in [-0.1, -0.05) is 42.7 Å². The molecular formula is C16H20N2S. The van der Waals surface area contributed by atoms with Crippen LogP contribution in [-0.4, -0.2) is 11.0 Å². The van der Waals surface area contributed by atoms with Gasteiger partial charge < -0.3 is 5.32 Å². The predicted molar refractivity (Wildman–Crippen MR) is 81.4 cm³/mol. The van der Waals surface area contributed by atoms with Gasteiger partial charge in [0.1, 0.15) is 5.01 Å². The minimum atomic E-state index is 0.727. The van der Waals surface area contributed by atoms with E-state index in [9.17, 15) is 0 Å². The third-order valence-electron chi connectivity index (χ3n) is 3.77. The lowest BCUT2D eigenvalue weighted by Crippen LogP contribution is -2.24. The zero-order chi connectivity index (χ0) is 13.1. The number of nitrogens with one attached hydrogen (secondary N) is 1. The molecule has 3 heteroatoms. The van der Waals surface area contributed by atoms with Gasteiger partial charge in [0, 0.05) is 29.2 Å². The summed E-state index contributed by atoms with van der Waals surface area (Å²) < 4.78 is 0. The van der Waals surface area contributed by atoms with Crippen LogP contribution in [0.15, 0.2) is 30.5 Å². The summed E-state index contributed by atoms with van der Waals surface area (Å²) in [6, 6.07) is 9.33. The van der Waals surface area contributed by atoms with Gasteiger partial charge in [-0.05, 0) is 19.8 Å². The number of aryl methyl sites for hydroxylation is 1. The summed E-state index contributed by atoms with van der Waals surface area (Å²) >= 11 is 1.80. The summed E-state index contributed by atoms with van der Waals surface area (Å²) in [4.78, 5) is 5.88. The van der Waals surface area contributed by atoms with Gasteiger partial charge in [-0.25, -0.2) is 4.98 Å². The maximum absolute atomic E-state index is 4.54. The Kier molecular flexibility index (Phi) is 3.95. The first-order chi connectivity index (χ1) is 9.31. The Bertz CT molecular complexity index is 524. The minimum Gasteiger partial charge on any atom is -0.309 e. The van der Waals surface area contributed by atoms with Gasteiger partial charge in [0.2, 0.25) is 0 Å². The number of rotatable bonds is 4. The van der Waals surface area contributed by atoms with E-state index in [1.807, 2.05) is 6.20 Å². The summed E-state index contributed by atoms with van der Waals surface area (Å²) in [5.74, 6) is 0. The van der Waals surface area contributed by atoms with Crippen LogP contribution in [0.4, 0.5) is 0 Å². The Labute approximate surface area is 118 Å². The highest BCUT2D eigenvalue weighted by Gasteiger charge is 2.14. The molecular weight excluding hydrogens is 252 g/mol. The van der Waals surface area contributed by atoms with Crippen LogP contribution in [0.5, 0.6) is 0 Å². The molecule has 0 amide bonds. The Balaban J connectivity index is 1.63. The van der Waals surface area contributed by atoms with E-state index in [1.54, 1.807) is 11.3 Å². The molecule has 1 heterocycles. The van der Waals surface area contributed by atoms with E-state index in [0.717, 1.165) is 17.6 Å². The molecule has 3 rings (SSSR count). The van der Waals surface area contributed by atoms with Crippen LogP contribution < -0.4 is 5.32 Å².